The predicted molar refractivity (Wildman–Crippen MR) is 99.5 cm³/mol. The van der Waals surface area contributed by atoms with Crippen molar-refractivity contribution < 1.29 is 24.2 Å². The molecule has 1 saturated carbocycles. The molecule has 3 fully saturated rings. The lowest BCUT2D eigenvalue weighted by Gasteiger charge is -2.43. The Kier molecular flexibility index (Phi) is 6.15. The largest absolute Gasteiger partial charge is 0.444 e. The van der Waals surface area contributed by atoms with Crippen molar-refractivity contribution >= 4 is 12.2 Å². The third-order valence-electron chi connectivity index (χ3n) is 5.70. The number of cyclic esters (lactones) is 1. The minimum absolute atomic E-state index is 0.112. The third-order valence-corrected chi connectivity index (χ3v) is 5.70. The first kappa shape index (κ1) is 20.2. The van der Waals surface area contributed by atoms with Crippen molar-refractivity contribution in [1.82, 2.24) is 14.7 Å². The van der Waals surface area contributed by atoms with E-state index in [0.717, 1.165) is 38.8 Å². The highest BCUT2D eigenvalue weighted by molar-refractivity contribution is 5.70. The molecule has 8 nitrogen and oxygen atoms in total. The number of carbonyl (C=O) groups excluding carboxylic acids is 2. The Morgan fingerprint density at radius 1 is 1.11 bits per heavy atom. The molecular formula is C19H33N3O5. The Balaban J connectivity index is 1.42. The molecule has 0 spiro atoms. The average molecular weight is 383 g/mol. The molecule has 3 aliphatic rings. The number of hydrogen-bond donors (Lipinski definition) is 1. The molecule has 2 heterocycles. The van der Waals surface area contributed by atoms with Gasteiger partial charge in [0.15, 0.2) is 0 Å². The lowest BCUT2D eigenvalue weighted by atomic mass is 9.89. The van der Waals surface area contributed by atoms with Gasteiger partial charge in [-0.15, -0.1) is 0 Å². The van der Waals surface area contributed by atoms with E-state index in [2.05, 4.69) is 4.90 Å². The fourth-order valence-corrected chi connectivity index (χ4v) is 4.27. The van der Waals surface area contributed by atoms with Crippen LogP contribution in [0.5, 0.6) is 0 Å². The fourth-order valence-electron chi connectivity index (χ4n) is 4.27. The molecule has 3 rings (SSSR count). The van der Waals surface area contributed by atoms with E-state index in [9.17, 15) is 14.7 Å². The molecule has 2 aliphatic heterocycles. The topological polar surface area (TPSA) is 82.6 Å². The quantitative estimate of drug-likeness (QED) is 0.798. The van der Waals surface area contributed by atoms with E-state index in [4.69, 9.17) is 9.47 Å². The second-order valence-corrected chi connectivity index (χ2v) is 8.81. The van der Waals surface area contributed by atoms with Gasteiger partial charge in [0, 0.05) is 38.3 Å². The maximum absolute atomic E-state index is 12.2. The van der Waals surface area contributed by atoms with Gasteiger partial charge >= 0.3 is 12.2 Å². The van der Waals surface area contributed by atoms with E-state index >= 15 is 0 Å². The molecule has 1 N–H and O–H groups in total. The first-order valence-corrected chi connectivity index (χ1v) is 10.1. The van der Waals surface area contributed by atoms with Crippen molar-refractivity contribution in [3.63, 3.8) is 0 Å². The van der Waals surface area contributed by atoms with Crippen LogP contribution >= 0.6 is 0 Å². The molecule has 8 heteroatoms. The molecule has 1 aliphatic carbocycles. The van der Waals surface area contributed by atoms with Crippen LogP contribution in [0.2, 0.25) is 0 Å². The summed E-state index contributed by atoms with van der Waals surface area (Å²) >= 11 is 0. The number of nitrogens with zero attached hydrogens (tertiary/aromatic N) is 3. The maximum Gasteiger partial charge on any atom is 0.410 e. The molecule has 2 saturated heterocycles. The SMILES string of the molecule is CC(C)(C)OC(=O)N1CCN(C2CCC(N3C[C@H](CO)OC3=O)CC2)CC1. The van der Waals surface area contributed by atoms with Crippen molar-refractivity contribution in [1.29, 1.82) is 0 Å². The van der Waals surface area contributed by atoms with Crippen LogP contribution in [0.1, 0.15) is 46.5 Å². The standard InChI is InChI=1S/C19H33N3O5/c1-19(2,3)27-17(24)21-10-8-20(9-11-21)14-4-6-15(7-5-14)22-12-16(13-23)26-18(22)25/h14-16,23H,4-13H2,1-3H3/t14?,15?,16-/m1/s1. The Morgan fingerprint density at radius 2 is 1.70 bits per heavy atom. The first-order valence-electron chi connectivity index (χ1n) is 10.1. The normalized spacial score (nSPS) is 30.4. The zero-order chi connectivity index (χ0) is 19.6. The Labute approximate surface area is 161 Å². The van der Waals surface area contributed by atoms with Gasteiger partial charge in [-0.2, -0.15) is 0 Å². The van der Waals surface area contributed by atoms with Crippen LogP contribution in [-0.2, 0) is 9.47 Å². The Bertz CT molecular complexity index is 534. The predicted octanol–water partition coefficient (Wildman–Crippen LogP) is 1.66. The smallest absolute Gasteiger partial charge is 0.410 e. The number of hydrogen-bond acceptors (Lipinski definition) is 6. The van der Waals surface area contributed by atoms with Gasteiger partial charge in [-0.25, -0.2) is 9.59 Å². The van der Waals surface area contributed by atoms with Crippen LogP contribution in [0.15, 0.2) is 0 Å². The van der Waals surface area contributed by atoms with Crippen molar-refractivity contribution in [2.45, 2.75) is 70.2 Å². The van der Waals surface area contributed by atoms with Gasteiger partial charge in [-0.1, -0.05) is 0 Å². The third kappa shape index (κ3) is 5.04. The first-order chi connectivity index (χ1) is 12.8. The number of ether oxygens (including phenoxy) is 2. The molecular weight excluding hydrogens is 350 g/mol. The summed E-state index contributed by atoms with van der Waals surface area (Å²) in [5, 5.41) is 9.19. The van der Waals surface area contributed by atoms with Crippen molar-refractivity contribution in [3.8, 4) is 0 Å². The Morgan fingerprint density at radius 3 is 2.22 bits per heavy atom. The lowest BCUT2D eigenvalue weighted by molar-refractivity contribution is 0.00673. The summed E-state index contributed by atoms with van der Waals surface area (Å²) < 4.78 is 10.6. The zero-order valence-electron chi connectivity index (χ0n) is 16.7. The van der Waals surface area contributed by atoms with E-state index < -0.39 is 5.60 Å². The average Bonchev–Trinajstić information content (AvgIpc) is 3.01. The summed E-state index contributed by atoms with van der Waals surface area (Å²) in [6, 6.07) is 0.725. The van der Waals surface area contributed by atoms with Gasteiger partial charge in [0.05, 0.1) is 13.2 Å². The molecule has 0 unspecified atom stereocenters. The molecule has 0 aromatic rings. The van der Waals surface area contributed by atoms with Crippen LogP contribution in [0.3, 0.4) is 0 Å². The van der Waals surface area contributed by atoms with Crippen LogP contribution in [0, 0.1) is 0 Å². The second-order valence-electron chi connectivity index (χ2n) is 8.81. The number of carbonyl (C=O) groups is 2. The highest BCUT2D eigenvalue weighted by atomic mass is 16.6. The zero-order valence-corrected chi connectivity index (χ0v) is 16.7. The van der Waals surface area contributed by atoms with Gasteiger partial charge < -0.3 is 24.4 Å². The van der Waals surface area contributed by atoms with Crippen molar-refractivity contribution in [2.75, 3.05) is 39.3 Å². The van der Waals surface area contributed by atoms with E-state index in [-0.39, 0.29) is 30.9 Å². The van der Waals surface area contributed by atoms with Crippen LogP contribution in [0.25, 0.3) is 0 Å². The maximum atomic E-state index is 12.2. The number of rotatable bonds is 3. The highest BCUT2D eigenvalue weighted by Gasteiger charge is 2.38. The molecule has 0 bridgehead atoms. The van der Waals surface area contributed by atoms with Crippen molar-refractivity contribution in [3.05, 3.63) is 0 Å². The van der Waals surface area contributed by atoms with E-state index in [0.29, 0.717) is 25.7 Å². The molecule has 27 heavy (non-hydrogen) atoms. The summed E-state index contributed by atoms with van der Waals surface area (Å²) in [6.07, 6.45) is 3.13. The molecule has 2 amide bonds. The van der Waals surface area contributed by atoms with Crippen LogP contribution in [0.4, 0.5) is 9.59 Å². The van der Waals surface area contributed by atoms with Gasteiger partial charge in [0.1, 0.15) is 11.7 Å². The summed E-state index contributed by atoms with van der Waals surface area (Å²) in [6.45, 7) is 9.19. The van der Waals surface area contributed by atoms with E-state index in [1.807, 2.05) is 20.8 Å². The molecule has 0 aromatic carbocycles. The van der Waals surface area contributed by atoms with Crippen molar-refractivity contribution in [2.24, 2.45) is 0 Å². The number of aliphatic hydroxyl groups is 1. The molecule has 0 radical (unpaired) electrons. The van der Waals surface area contributed by atoms with Gasteiger partial charge in [0.2, 0.25) is 0 Å². The Hall–Kier alpha value is -1.54. The summed E-state index contributed by atoms with van der Waals surface area (Å²) in [4.78, 5) is 30.2. The molecule has 0 aromatic heterocycles. The van der Waals surface area contributed by atoms with Gasteiger partial charge in [-0.05, 0) is 46.5 Å². The summed E-state index contributed by atoms with van der Waals surface area (Å²) in [7, 11) is 0. The number of aliphatic hydroxyl groups excluding tert-OH is 1. The monoisotopic (exact) mass is 383 g/mol. The van der Waals surface area contributed by atoms with Gasteiger partial charge in [-0.3, -0.25) is 4.90 Å². The van der Waals surface area contributed by atoms with E-state index in [1.54, 1.807) is 9.80 Å². The second kappa shape index (κ2) is 8.22. The lowest BCUT2D eigenvalue weighted by Crippen LogP contribution is -2.54. The van der Waals surface area contributed by atoms with Crippen LogP contribution < -0.4 is 0 Å². The fraction of sp³-hybridized carbons (Fsp3) is 0.895. The highest BCUT2D eigenvalue weighted by Crippen LogP contribution is 2.29. The minimum atomic E-state index is -0.460. The summed E-state index contributed by atoms with van der Waals surface area (Å²) in [5.74, 6) is 0. The minimum Gasteiger partial charge on any atom is -0.444 e. The van der Waals surface area contributed by atoms with E-state index in [1.165, 1.54) is 0 Å². The molecule has 1 atom stereocenters. The summed E-state index contributed by atoms with van der Waals surface area (Å²) in [5.41, 5.74) is -0.460. The number of amides is 2. The molecule has 154 valence electrons. The number of piperazine rings is 1. The van der Waals surface area contributed by atoms with Crippen LogP contribution in [-0.4, -0.2) is 95.1 Å². The van der Waals surface area contributed by atoms with Gasteiger partial charge in [0.25, 0.3) is 0 Å².